The van der Waals surface area contributed by atoms with Gasteiger partial charge in [0.25, 0.3) is 0 Å². The van der Waals surface area contributed by atoms with Gasteiger partial charge in [0, 0.05) is 27.2 Å². The number of nitrogens with zero attached hydrogens (tertiary/aromatic N) is 3. The highest BCUT2D eigenvalue weighted by Gasteiger charge is 2.38. The van der Waals surface area contributed by atoms with Gasteiger partial charge in [0.05, 0.1) is 17.8 Å². The van der Waals surface area contributed by atoms with Crippen molar-refractivity contribution in [2.24, 2.45) is 7.05 Å². The van der Waals surface area contributed by atoms with Gasteiger partial charge in [-0.1, -0.05) is 13.3 Å². The molecule has 0 aliphatic carbocycles. The lowest BCUT2D eigenvalue weighted by molar-refractivity contribution is 0.118. The maximum Gasteiger partial charge on any atom is 0.151 e. The lowest BCUT2D eigenvalue weighted by Crippen LogP contribution is -2.40. The summed E-state index contributed by atoms with van der Waals surface area (Å²) in [5.41, 5.74) is 2.45. The van der Waals surface area contributed by atoms with Crippen molar-refractivity contribution in [1.29, 1.82) is 0 Å². The van der Waals surface area contributed by atoms with Gasteiger partial charge in [0.1, 0.15) is 5.69 Å². The summed E-state index contributed by atoms with van der Waals surface area (Å²) in [6, 6.07) is 0.548. The first kappa shape index (κ1) is 11.8. The van der Waals surface area contributed by atoms with Crippen LogP contribution in [0.15, 0.2) is 0 Å². The van der Waals surface area contributed by atoms with Crippen molar-refractivity contribution in [1.82, 2.24) is 9.78 Å². The SMILES string of the molecule is CCCc1nn(C)c2c1NCC1CC(OC)CN21. The number of fused-ring (bicyclic) bond motifs is 3. The fraction of sp³-hybridized carbons (Fsp3) is 0.769. The van der Waals surface area contributed by atoms with Crippen LogP contribution in [0.5, 0.6) is 0 Å². The highest BCUT2D eigenvalue weighted by molar-refractivity contribution is 5.72. The van der Waals surface area contributed by atoms with Crippen molar-refractivity contribution in [3.8, 4) is 0 Å². The maximum absolute atomic E-state index is 5.51. The van der Waals surface area contributed by atoms with Gasteiger partial charge in [-0.2, -0.15) is 5.10 Å². The number of hydrogen-bond donors (Lipinski definition) is 1. The highest BCUT2D eigenvalue weighted by Crippen LogP contribution is 2.38. The second-order valence-electron chi connectivity index (χ2n) is 5.30. The first-order valence-corrected chi connectivity index (χ1v) is 6.83. The van der Waals surface area contributed by atoms with Crippen molar-refractivity contribution in [3.05, 3.63) is 5.69 Å². The fourth-order valence-corrected chi connectivity index (χ4v) is 3.21. The third-order valence-electron chi connectivity index (χ3n) is 4.07. The van der Waals surface area contributed by atoms with Gasteiger partial charge < -0.3 is 15.0 Å². The first-order chi connectivity index (χ1) is 8.74. The minimum Gasteiger partial charge on any atom is -0.380 e. The number of aromatic nitrogens is 2. The Labute approximate surface area is 108 Å². The third-order valence-corrected chi connectivity index (χ3v) is 4.07. The molecule has 3 heterocycles. The topological polar surface area (TPSA) is 42.3 Å². The van der Waals surface area contributed by atoms with Crippen LogP contribution >= 0.6 is 0 Å². The van der Waals surface area contributed by atoms with Crippen molar-refractivity contribution in [2.75, 3.05) is 30.4 Å². The summed E-state index contributed by atoms with van der Waals surface area (Å²) in [7, 11) is 3.85. The summed E-state index contributed by atoms with van der Waals surface area (Å²) >= 11 is 0. The maximum atomic E-state index is 5.51. The van der Waals surface area contributed by atoms with Crippen LogP contribution in [-0.2, 0) is 18.2 Å². The number of nitrogens with one attached hydrogen (secondary N) is 1. The van der Waals surface area contributed by atoms with E-state index in [9.17, 15) is 0 Å². The molecule has 1 N–H and O–H groups in total. The van der Waals surface area contributed by atoms with Gasteiger partial charge in [0.15, 0.2) is 5.82 Å². The van der Waals surface area contributed by atoms with Crippen molar-refractivity contribution in [2.45, 2.75) is 38.3 Å². The molecule has 1 aromatic heterocycles. The van der Waals surface area contributed by atoms with Crippen molar-refractivity contribution < 1.29 is 4.74 Å². The number of methoxy groups -OCH3 is 1. The second-order valence-corrected chi connectivity index (χ2v) is 5.30. The van der Waals surface area contributed by atoms with Gasteiger partial charge in [-0.3, -0.25) is 4.68 Å². The molecule has 0 aromatic carbocycles. The summed E-state index contributed by atoms with van der Waals surface area (Å²) in [5, 5.41) is 8.24. The lowest BCUT2D eigenvalue weighted by Gasteiger charge is -2.32. The monoisotopic (exact) mass is 250 g/mol. The number of rotatable bonds is 3. The quantitative estimate of drug-likeness (QED) is 0.880. The zero-order chi connectivity index (χ0) is 12.7. The van der Waals surface area contributed by atoms with E-state index < -0.39 is 0 Å². The van der Waals surface area contributed by atoms with E-state index in [0.29, 0.717) is 12.1 Å². The standard InChI is InChI=1S/C13H22N4O/c1-4-5-11-12-13(16(2)15-11)17-8-10(18-3)6-9(17)7-14-12/h9-10,14H,4-8H2,1-3H3. The van der Waals surface area contributed by atoms with Gasteiger partial charge in [-0.25, -0.2) is 0 Å². The predicted molar refractivity (Wildman–Crippen MR) is 72.2 cm³/mol. The Bertz CT molecular complexity index is 442. The molecule has 2 aliphatic rings. The molecule has 5 nitrogen and oxygen atoms in total. The largest absolute Gasteiger partial charge is 0.380 e. The molecular formula is C13H22N4O. The van der Waals surface area contributed by atoms with Crippen LogP contribution in [0.25, 0.3) is 0 Å². The minimum atomic E-state index is 0.354. The summed E-state index contributed by atoms with van der Waals surface area (Å²) in [5.74, 6) is 1.24. The molecule has 18 heavy (non-hydrogen) atoms. The van der Waals surface area contributed by atoms with E-state index in [1.807, 2.05) is 18.8 Å². The average Bonchev–Trinajstić information content (AvgIpc) is 2.91. The van der Waals surface area contributed by atoms with Crippen LogP contribution in [0.1, 0.15) is 25.5 Å². The van der Waals surface area contributed by atoms with Crippen LogP contribution in [0, 0.1) is 0 Å². The van der Waals surface area contributed by atoms with Crippen LogP contribution < -0.4 is 10.2 Å². The molecule has 2 unspecified atom stereocenters. The molecule has 2 aliphatic heterocycles. The first-order valence-electron chi connectivity index (χ1n) is 6.83. The zero-order valence-corrected chi connectivity index (χ0v) is 11.4. The molecule has 2 atom stereocenters. The van der Waals surface area contributed by atoms with E-state index in [4.69, 9.17) is 4.74 Å². The molecule has 1 saturated heterocycles. The Morgan fingerprint density at radius 1 is 1.50 bits per heavy atom. The van der Waals surface area contributed by atoms with Gasteiger partial charge >= 0.3 is 0 Å². The molecule has 0 amide bonds. The molecule has 1 aromatic rings. The summed E-state index contributed by atoms with van der Waals surface area (Å²) < 4.78 is 7.54. The number of ether oxygens (including phenoxy) is 1. The smallest absolute Gasteiger partial charge is 0.151 e. The summed E-state index contributed by atoms with van der Waals surface area (Å²) in [6.07, 6.45) is 3.64. The highest BCUT2D eigenvalue weighted by atomic mass is 16.5. The Morgan fingerprint density at radius 2 is 2.33 bits per heavy atom. The molecule has 0 radical (unpaired) electrons. The van der Waals surface area contributed by atoms with E-state index in [1.165, 1.54) is 17.2 Å². The molecule has 1 fully saturated rings. The Hall–Kier alpha value is -1.23. The van der Waals surface area contributed by atoms with E-state index in [-0.39, 0.29) is 0 Å². The normalized spacial score (nSPS) is 25.8. The van der Waals surface area contributed by atoms with Gasteiger partial charge in [-0.05, 0) is 12.8 Å². The Kier molecular flexibility index (Phi) is 2.93. The second kappa shape index (κ2) is 4.46. The van der Waals surface area contributed by atoms with Crippen LogP contribution in [-0.4, -0.2) is 42.1 Å². The summed E-state index contributed by atoms with van der Waals surface area (Å²) in [4.78, 5) is 2.46. The minimum absolute atomic E-state index is 0.354. The van der Waals surface area contributed by atoms with Gasteiger partial charge in [-0.15, -0.1) is 0 Å². The number of aryl methyl sites for hydroxylation is 2. The van der Waals surface area contributed by atoms with Gasteiger partial charge in [0.2, 0.25) is 0 Å². The fourth-order valence-electron chi connectivity index (χ4n) is 3.21. The van der Waals surface area contributed by atoms with Crippen molar-refractivity contribution >= 4 is 11.5 Å². The molecule has 3 rings (SSSR count). The lowest BCUT2D eigenvalue weighted by atomic mass is 10.1. The summed E-state index contributed by atoms with van der Waals surface area (Å²) in [6.45, 7) is 4.19. The van der Waals surface area contributed by atoms with E-state index >= 15 is 0 Å². The van der Waals surface area contributed by atoms with Crippen LogP contribution in [0.2, 0.25) is 0 Å². The molecule has 100 valence electrons. The van der Waals surface area contributed by atoms with Crippen LogP contribution in [0.3, 0.4) is 0 Å². The number of anilines is 2. The third kappa shape index (κ3) is 1.68. The molecular weight excluding hydrogens is 228 g/mol. The molecule has 0 spiro atoms. The molecule has 5 heteroatoms. The number of hydrogen-bond acceptors (Lipinski definition) is 4. The van der Waals surface area contributed by atoms with Crippen LogP contribution in [0.4, 0.5) is 11.5 Å². The Morgan fingerprint density at radius 3 is 3.06 bits per heavy atom. The average molecular weight is 250 g/mol. The van der Waals surface area contributed by atoms with E-state index in [1.54, 1.807) is 0 Å². The molecule has 0 saturated carbocycles. The van der Waals surface area contributed by atoms with Crippen molar-refractivity contribution in [3.63, 3.8) is 0 Å². The molecule has 0 bridgehead atoms. The zero-order valence-electron chi connectivity index (χ0n) is 11.4. The Balaban J connectivity index is 1.94. The van der Waals surface area contributed by atoms with E-state index in [0.717, 1.165) is 32.4 Å². The predicted octanol–water partition coefficient (Wildman–Crippen LogP) is 1.39. The van der Waals surface area contributed by atoms with E-state index in [2.05, 4.69) is 22.2 Å².